The average molecular weight is 492 g/mol. The lowest BCUT2D eigenvalue weighted by Crippen LogP contribution is -2.51. The van der Waals surface area contributed by atoms with Gasteiger partial charge in [0.25, 0.3) is 0 Å². The van der Waals surface area contributed by atoms with Crippen LogP contribution in [0.4, 0.5) is 4.39 Å². The predicted molar refractivity (Wildman–Crippen MR) is 116 cm³/mol. The second kappa shape index (κ2) is 11.4. The number of guanidine groups is 1. The number of amides is 1. The Morgan fingerprint density at radius 3 is 2.59 bits per heavy atom. The van der Waals surface area contributed by atoms with E-state index in [1.54, 1.807) is 26.2 Å². The molecule has 0 radical (unpaired) electrons. The summed E-state index contributed by atoms with van der Waals surface area (Å²) in [6, 6.07) is 6.40. The number of hydrogen-bond donors (Lipinski definition) is 1. The molecule has 0 saturated carbocycles. The molecule has 1 aliphatic rings. The van der Waals surface area contributed by atoms with Crippen molar-refractivity contribution in [3.05, 3.63) is 35.6 Å². The number of carbonyl (C=O) groups excluding carboxylic acids is 1. The van der Waals surface area contributed by atoms with Gasteiger partial charge in [0.2, 0.25) is 5.91 Å². The molecule has 0 aliphatic carbocycles. The maximum absolute atomic E-state index is 13.2. The van der Waals surface area contributed by atoms with Gasteiger partial charge < -0.3 is 19.9 Å². The summed E-state index contributed by atoms with van der Waals surface area (Å²) in [4.78, 5) is 20.0. The molecule has 1 saturated heterocycles. The monoisotopic (exact) mass is 492 g/mol. The normalized spacial score (nSPS) is 20.0. The van der Waals surface area contributed by atoms with Crippen molar-refractivity contribution < 1.29 is 13.9 Å². The molecule has 2 atom stereocenters. The highest BCUT2D eigenvalue weighted by molar-refractivity contribution is 14.0. The quantitative estimate of drug-likeness (QED) is 0.390. The minimum atomic E-state index is -0.261. The molecule has 0 aromatic heterocycles. The van der Waals surface area contributed by atoms with E-state index in [0.29, 0.717) is 19.0 Å². The predicted octanol–water partition coefficient (Wildman–Crippen LogP) is 2.65. The number of morpholine rings is 1. The van der Waals surface area contributed by atoms with Gasteiger partial charge in [-0.25, -0.2) is 9.38 Å². The third-order valence-corrected chi connectivity index (χ3v) is 4.20. The van der Waals surface area contributed by atoms with Gasteiger partial charge in [0.1, 0.15) is 18.5 Å². The molecule has 0 spiro atoms. The first-order chi connectivity index (χ1) is 12.4. The highest BCUT2D eigenvalue weighted by Gasteiger charge is 2.28. The number of benzene rings is 1. The van der Waals surface area contributed by atoms with Crippen LogP contribution in [0, 0.1) is 5.82 Å². The number of likely N-dealkylation sites (N-methyl/N-ethyl adjacent to an activating group) is 1. The zero-order valence-corrected chi connectivity index (χ0v) is 18.8. The number of hydrogen-bond acceptors (Lipinski definition) is 3. The summed E-state index contributed by atoms with van der Waals surface area (Å²) in [6.45, 7) is 6.25. The van der Waals surface area contributed by atoms with Crippen molar-refractivity contribution in [2.24, 2.45) is 4.99 Å². The molecule has 1 aromatic carbocycles. The Bertz CT molecular complexity index is 625. The van der Waals surface area contributed by atoms with Crippen LogP contribution >= 0.6 is 24.0 Å². The van der Waals surface area contributed by atoms with E-state index >= 15 is 0 Å². The molecular formula is C19H30FIN4O2. The van der Waals surface area contributed by atoms with Crippen LogP contribution in [-0.2, 0) is 9.53 Å². The molecule has 2 rings (SSSR count). The summed E-state index contributed by atoms with van der Waals surface area (Å²) in [7, 11) is 3.44. The SMILES string of the molecule is CCCNC(=NCC(=O)N(C)C)N1CC(C)OC(c2ccc(F)cc2)C1.I. The Morgan fingerprint density at radius 1 is 1.33 bits per heavy atom. The van der Waals surface area contributed by atoms with Gasteiger partial charge in [-0.3, -0.25) is 4.79 Å². The van der Waals surface area contributed by atoms with Crippen molar-refractivity contribution in [2.45, 2.75) is 32.5 Å². The van der Waals surface area contributed by atoms with E-state index in [2.05, 4.69) is 22.1 Å². The van der Waals surface area contributed by atoms with Crippen LogP contribution in [0.15, 0.2) is 29.3 Å². The van der Waals surface area contributed by atoms with E-state index in [-0.39, 0.29) is 54.5 Å². The van der Waals surface area contributed by atoms with Crippen molar-refractivity contribution in [1.82, 2.24) is 15.1 Å². The third-order valence-electron chi connectivity index (χ3n) is 4.20. The molecule has 6 nitrogen and oxygen atoms in total. The van der Waals surface area contributed by atoms with Gasteiger partial charge in [-0.05, 0) is 31.0 Å². The first-order valence-corrected chi connectivity index (χ1v) is 9.05. The minimum absolute atomic E-state index is 0. The molecular weight excluding hydrogens is 462 g/mol. The van der Waals surface area contributed by atoms with E-state index in [4.69, 9.17) is 4.74 Å². The van der Waals surface area contributed by atoms with Gasteiger partial charge in [0.05, 0.1) is 12.6 Å². The Labute approximate surface area is 178 Å². The number of ether oxygens (including phenoxy) is 1. The number of rotatable bonds is 5. The molecule has 1 amide bonds. The van der Waals surface area contributed by atoms with Crippen molar-refractivity contribution in [1.29, 1.82) is 0 Å². The minimum Gasteiger partial charge on any atom is -0.367 e. The van der Waals surface area contributed by atoms with Crippen molar-refractivity contribution in [3.8, 4) is 0 Å². The molecule has 1 aliphatic heterocycles. The van der Waals surface area contributed by atoms with Gasteiger partial charge in [-0.15, -0.1) is 24.0 Å². The van der Waals surface area contributed by atoms with E-state index in [1.165, 1.54) is 17.0 Å². The van der Waals surface area contributed by atoms with Gasteiger partial charge in [0.15, 0.2) is 5.96 Å². The number of halogens is 2. The van der Waals surface area contributed by atoms with Crippen LogP contribution in [0.1, 0.15) is 31.9 Å². The largest absolute Gasteiger partial charge is 0.367 e. The summed E-state index contributed by atoms with van der Waals surface area (Å²) in [5.41, 5.74) is 0.933. The second-order valence-electron chi connectivity index (χ2n) is 6.75. The summed E-state index contributed by atoms with van der Waals surface area (Å²) >= 11 is 0. The molecule has 8 heteroatoms. The molecule has 0 bridgehead atoms. The van der Waals surface area contributed by atoms with E-state index in [0.717, 1.165) is 18.5 Å². The fourth-order valence-corrected chi connectivity index (χ4v) is 2.77. The molecule has 152 valence electrons. The first-order valence-electron chi connectivity index (χ1n) is 9.05. The fraction of sp³-hybridized carbons (Fsp3) is 0.579. The lowest BCUT2D eigenvalue weighted by molar-refractivity contribution is -0.127. The van der Waals surface area contributed by atoms with Crippen LogP contribution < -0.4 is 5.32 Å². The smallest absolute Gasteiger partial charge is 0.243 e. The maximum Gasteiger partial charge on any atom is 0.243 e. The van der Waals surface area contributed by atoms with Crippen LogP contribution in [-0.4, -0.2) is 68.0 Å². The van der Waals surface area contributed by atoms with Gasteiger partial charge in [0, 0.05) is 27.2 Å². The zero-order valence-electron chi connectivity index (χ0n) is 16.4. The molecule has 1 heterocycles. The third kappa shape index (κ3) is 7.25. The number of nitrogens with zero attached hydrogens (tertiary/aromatic N) is 3. The number of aliphatic imine (C=N–C) groups is 1. The summed E-state index contributed by atoms with van der Waals surface area (Å²) in [6.07, 6.45) is 0.788. The Morgan fingerprint density at radius 2 is 2.00 bits per heavy atom. The van der Waals surface area contributed by atoms with E-state index in [1.807, 2.05) is 6.92 Å². The Balaban J connectivity index is 0.00000364. The van der Waals surface area contributed by atoms with Gasteiger partial charge in [-0.2, -0.15) is 0 Å². The van der Waals surface area contributed by atoms with Crippen LogP contribution in [0.3, 0.4) is 0 Å². The molecule has 27 heavy (non-hydrogen) atoms. The van der Waals surface area contributed by atoms with Crippen molar-refractivity contribution in [2.75, 3.05) is 40.3 Å². The average Bonchev–Trinajstić information content (AvgIpc) is 2.61. The van der Waals surface area contributed by atoms with Gasteiger partial charge >= 0.3 is 0 Å². The lowest BCUT2D eigenvalue weighted by atomic mass is 10.1. The summed E-state index contributed by atoms with van der Waals surface area (Å²) < 4.78 is 19.2. The zero-order chi connectivity index (χ0) is 19.1. The Kier molecular flexibility index (Phi) is 10.00. The van der Waals surface area contributed by atoms with Crippen LogP contribution in [0.2, 0.25) is 0 Å². The highest BCUT2D eigenvalue weighted by Crippen LogP contribution is 2.25. The standard InChI is InChI=1S/C19H29FN4O2.HI/c1-5-10-21-19(22-11-18(25)23(3)4)24-12-14(2)26-17(13-24)15-6-8-16(20)9-7-15;/h6-9,14,17H,5,10-13H2,1-4H3,(H,21,22);1H. The lowest BCUT2D eigenvalue weighted by Gasteiger charge is -2.38. The molecule has 1 fully saturated rings. The molecule has 1 N–H and O–H groups in total. The molecule has 1 aromatic rings. The fourth-order valence-electron chi connectivity index (χ4n) is 2.77. The van der Waals surface area contributed by atoms with Gasteiger partial charge in [-0.1, -0.05) is 19.1 Å². The number of carbonyl (C=O) groups is 1. The second-order valence-corrected chi connectivity index (χ2v) is 6.75. The van der Waals surface area contributed by atoms with E-state index < -0.39 is 0 Å². The first kappa shape index (κ1) is 23.6. The van der Waals surface area contributed by atoms with Crippen molar-refractivity contribution in [3.63, 3.8) is 0 Å². The molecule has 2 unspecified atom stereocenters. The maximum atomic E-state index is 13.2. The topological polar surface area (TPSA) is 57.2 Å². The van der Waals surface area contributed by atoms with E-state index in [9.17, 15) is 9.18 Å². The summed E-state index contributed by atoms with van der Waals surface area (Å²) in [5.74, 6) is 0.407. The van der Waals surface area contributed by atoms with Crippen LogP contribution in [0.25, 0.3) is 0 Å². The highest BCUT2D eigenvalue weighted by atomic mass is 127. The Hall–Kier alpha value is -1.42. The van der Waals surface area contributed by atoms with Crippen LogP contribution in [0.5, 0.6) is 0 Å². The number of nitrogens with one attached hydrogen (secondary N) is 1. The van der Waals surface area contributed by atoms with Crippen molar-refractivity contribution >= 4 is 35.8 Å². The summed E-state index contributed by atoms with van der Waals surface area (Å²) in [5, 5.41) is 3.32.